The Morgan fingerprint density at radius 3 is 2.91 bits per heavy atom. The van der Waals surface area contributed by atoms with Crippen molar-refractivity contribution in [2.75, 3.05) is 6.54 Å². The second-order valence-electron chi connectivity index (χ2n) is 7.02. The summed E-state index contributed by atoms with van der Waals surface area (Å²) in [5.41, 5.74) is 7.01. The van der Waals surface area contributed by atoms with E-state index < -0.39 is 0 Å². The fourth-order valence-corrected chi connectivity index (χ4v) is 4.01. The number of hydrogen-bond donors (Lipinski definition) is 1. The monoisotopic (exact) mass is 304 g/mol. The van der Waals surface area contributed by atoms with Crippen LogP contribution in [-0.4, -0.2) is 23.4 Å². The molecule has 0 aromatic heterocycles. The Bertz CT molecular complexity index is 548. The quantitative estimate of drug-likeness (QED) is 0.931. The smallest absolute Gasteiger partial charge is 0.223 e. The Hall–Kier alpha value is -1.42. The molecule has 2 unspecified atom stereocenters. The van der Waals surface area contributed by atoms with Crippen LogP contribution in [0.4, 0.5) is 4.39 Å². The van der Waals surface area contributed by atoms with Gasteiger partial charge in [0.05, 0.1) is 6.04 Å². The number of carbonyl (C=O) groups excluding carboxylic acids is 1. The first-order chi connectivity index (χ1) is 10.5. The fraction of sp³-hybridized carbons (Fsp3) is 0.611. The van der Waals surface area contributed by atoms with Gasteiger partial charge in [-0.3, -0.25) is 4.79 Å². The molecule has 1 saturated carbocycles. The van der Waals surface area contributed by atoms with E-state index >= 15 is 0 Å². The first-order valence-corrected chi connectivity index (χ1v) is 8.35. The van der Waals surface area contributed by atoms with Crippen molar-refractivity contribution in [3.63, 3.8) is 0 Å². The summed E-state index contributed by atoms with van der Waals surface area (Å²) in [6.45, 7) is 2.92. The third-order valence-corrected chi connectivity index (χ3v) is 5.22. The lowest BCUT2D eigenvalue weighted by atomic mass is 9.98. The van der Waals surface area contributed by atoms with Gasteiger partial charge in [-0.1, -0.05) is 25.5 Å². The topological polar surface area (TPSA) is 46.3 Å². The zero-order valence-electron chi connectivity index (χ0n) is 13.2. The molecule has 4 atom stereocenters. The molecular formula is C18H25FN2O. The third kappa shape index (κ3) is 3.17. The van der Waals surface area contributed by atoms with Crippen molar-refractivity contribution in [2.45, 2.75) is 51.1 Å². The predicted molar refractivity (Wildman–Crippen MR) is 84.6 cm³/mol. The molecule has 1 saturated heterocycles. The Morgan fingerprint density at radius 1 is 1.41 bits per heavy atom. The highest BCUT2D eigenvalue weighted by atomic mass is 19.1. The Kier molecular flexibility index (Phi) is 4.48. The van der Waals surface area contributed by atoms with Crippen LogP contribution in [0.2, 0.25) is 0 Å². The van der Waals surface area contributed by atoms with E-state index in [2.05, 4.69) is 6.92 Å². The highest BCUT2D eigenvalue weighted by molar-refractivity contribution is 5.77. The van der Waals surface area contributed by atoms with Gasteiger partial charge in [0.2, 0.25) is 5.91 Å². The summed E-state index contributed by atoms with van der Waals surface area (Å²) in [5, 5.41) is 0. The average molecular weight is 304 g/mol. The van der Waals surface area contributed by atoms with E-state index in [1.165, 1.54) is 6.07 Å². The van der Waals surface area contributed by atoms with Crippen molar-refractivity contribution < 1.29 is 9.18 Å². The molecule has 1 aromatic rings. The van der Waals surface area contributed by atoms with Crippen molar-refractivity contribution in [3.05, 3.63) is 35.6 Å². The van der Waals surface area contributed by atoms with Gasteiger partial charge in [0.25, 0.3) is 0 Å². The lowest BCUT2D eigenvalue weighted by Gasteiger charge is -2.27. The summed E-state index contributed by atoms with van der Waals surface area (Å²) in [5.74, 6) is 0.717. The molecule has 0 spiro atoms. The summed E-state index contributed by atoms with van der Waals surface area (Å²) in [6, 6.07) is 6.83. The van der Waals surface area contributed by atoms with Gasteiger partial charge in [-0.25, -0.2) is 4.39 Å². The standard InChI is InChI=1S/C18H25FN2O/c1-12-8-17(14-5-2-6-15(19)9-14)21(11-12)18(22)10-13-4-3-7-16(13)20/h2,5-6,9,12-13,16-17H,3-4,7-8,10-11,20H2,1H3/t12?,13-,16+,17?/m0/s1. The van der Waals surface area contributed by atoms with Crippen LogP contribution >= 0.6 is 0 Å². The SMILES string of the molecule is CC1CC(c2cccc(F)c2)N(C(=O)C[C@@H]2CCC[C@H]2N)C1. The Morgan fingerprint density at radius 2 is 2.23 bits per heavy atom. The van der Waals surface area contributed by atoms with Crippen molar-refractivity contribution in [1.82, 2.24) is 4.90 Å². The molecule has 0 bridgehead atoms. The zero-order chi connectivity index (χ0) is 15.7. The second-order valence-corrected chi connectivity index (χ2v) is 7.02. The number of nitrogens with two attached hydrogens (primary N) is 1. The largest absolute Gasteiger partial charge is 0.335 e. The van der Waals surface area contributed by atoms with Gasteiger partial charge in [-0.2, -0.15) is 0 Å². The highest BCUT2D eigenvalue weighted by Crippen LogP contribution is 2.37. The number of nitrogens with zero attached hydrogens (tertiary/aromatic N) is 1. The molecule has 1 aliphatic carbocycles. The van der Waals surface area contributed by atoms with Gasteiger partial charge in [0.1, 0.15) is 5.82 Å². The van der Waals surface area contributed by atoms with Crippen LogP contribution in [0.15, 0.2) is 24.3 Å². The van der Waals surface area contributed by atoms with Crippen LogP contribution in [-0.2, 0) is 4.79 Å². The molecule has 2 aliphatic rings. The van der Waals surface area contributed by atoms with Crippen molar-refractivity contribution >= 4 is 5.91 Å². The molecule has 4 heteroatoms. The Labute approximate surface area is 131 Å². The first kappa shape index (κ1) is 15.5. The van der Waals surface area contributed by atoms with Gasteiger partial charge < -0.3 is 10.6 Å². The van der Waals surface area contributed by atoms with E-state index in [0.717, 1.165) is 37.8 Å². The molecular weight excluding hydrogens is 279 g/mol. The summed E-state index contributed by atoms with van der Waals surface area (Å²) >= 11 is 0. The van der Waals surface area contributed by atoms with Crippen LogP contribution < -0.4 is 5.73 Å². The molecule has 22 heavy (non-hydrogen) atoms. The van der Waals surface area contributed by atoms with Gasteiger partial charge in [0, 0.05) is 19.0 Å². The molecule has 1 heterocycles. The lowest BCUT2D eigenvalue weighted by Crippen LogP contribution is -2.35. The Balaban J connectivity index is 1.74. The van der Waals surface area contributed by atoms with Crippen molar-refractivity contribution in [2.24, 2.45) is 17.6 Å². The van der Waals surface area contributed by atoms with Crippen LogP contribution in [0, 0.1) is 17.7 Å². The summed E-state index contributed by atoms with van der Waals surface area (Å²) in [7, 11) is 0. The molecule has 1 amide bonds. The number of benzene rings is 1. The second kappa shape index (κ2) is 6.37. The number of hydrogen-bond acceptors (Lipinski definition) is 2. The third-order valence-electron chi connectivity index (χ3n) is 5.22. The zero-order valence-corrected chi connectivity index (χ0v) is 13.2. The van der Waals surface area contributed by atoms with E-state index in [9.17, 15) is 9.18 Å². The van der Waals surface area contributed by atoms with Gasteiger partial charge >= 0.3 is 0 Å². The van der Waals surface area contributed by atoms with Crippen LogP contribution in [0.3, 0.4) is 0 Å². The molecule has 3 rings (SSSR count). The van der Waals surface area contributed by atoms with E-state index in [1.807, 2.05) is 11.0 Å². The first-order valence-electron chi connectivity index (χ1n) is 8.35. The molecule has 1 aromatic carbocycles. The molecule has 1 aliphatic heterocycles. The molecule has 0 radical (unpaired) electrons. The normalized spacial score (nSPS) is 31.7. The van der Waals surface area contributed by atoms with Crippen LogP contribution in [0.5, 0.6) is 0 Å². The maximum Gasteiger partial charge on any atom is 0.223 e. The van der Waals surface area contributed by atoms with Crippen molar-refractivity contribution in [1.29, 1.82) is 0 Å². The number of rotatable bonds is 3. The highest BCUT2D eigenvalue weighted by Gasteiger charge is 2.36. The molecule has 2 N–H and O–H groups in total. The average Bonchev–Trinajstić information content (AvgIpc) is 3.05. The molecule has 3 nitrogen and oxygen atoms in total. The molecule has 120 valence electrons. The number of halogens is 1. The predicted octanol–water partition coefficient (Wildman–Crippen LogP) is 3.25. The van der Waals surface area contributed by atoms with E-state index in [4.69, 9.17) is 5.73 Å². The van der Waals surface area contributed by atoms with Gasteiger partial charge in [-0.05, 0) is 48.8 Å². The number of carbonyl (C=O) groups is 1. The van der Waals surface area contributed by atoms with Crippen LogP contribution in [0.1, 0.15) is 50.6 Å². The molecule has 2 fully saturated rings. The maximum atomic E-state index is 13.5. The van der Waals surface area contributed by atoms with Gasteiger partial charge in [0.15, 0.2) is 0 Å². The summed E-state index contributed by atoms with van der Waals surface area (Å²) in [6.07, 6.45) is 4.66. The van der Waals surface area contributed by atoms with E-state index in [1.54, 1.807) is 12.1 Å². The van der Waals surface area contributed by atoms with Crippen molar-refractivity contribution in [3.8, 4) is 0 Å². The van der Waals surface area contributed by atoms with E-state index in [0.29, 0.717) is 18.3 Å². The minimum absolute atomic E-state index is 0.0100. The van der Waals surface area contributed by atoms with Crippen LogP contribution in [0.25, 0.3) is 0 Å². The minimum Gasteiger partial charge on any atom is -0.335 e. The summed E-state index contributed by atoms with van der Waals surface area (Å²) in [4.78, 5) is 14.7. The fourth-order valence-electron chi connectivity index (χ4n) is 4.01. The number of likely N-dealkylation sites (tertiary alicyclic amines) is 1. The maximum absolute atomic E-state index is 13.5. The lowest BCUT2D eigenvalue weighted by molar-refractivity contribution is -0.133. The summed E-state index contributed by atoms with van der Waals surface area (Å²) < 4.78 is 13.5. The van der Waals surface area contributed by atoms with E-state index in [-0.39, 0.29) is 23.8 Å². The van der Waals surface area contributed by atoms with Gasteiger partial charge in [-0.15, -0.1) is 0 Å². The minimum atomic E-state index is -0.234. The number of amides is 1.